The van der Waals surface area contributed by atoms with Gasteiger partial charge in [0.15, 0.2) is 0 Å². The topological polar surface area (TPSA) is 0 Å². The monoisotopic (exact) mass is 592 g/mol. The van der Waals surface area contributed by atoms with E-state index in [9.17, 15) is 0 Å². The summed E-state index contributed by atoms with van der Waals surface area (Å²) < 4.78 is 1.51. The number of fused-ring (bicyclic) bond motifs is 3. The summed E-state index contributed by atoms with van der Waals surface area (Å²) in [7, 11) is 0. The summed E-state index contributed by atoms with van der Waals surface area (Å²) in [5, 5.41) is 5.39. The van der Waals surface area contributed by atoms with Crippen molar-refractivity contribution in [3.8, 4) is 0 Å². The third-order valence-electron chi connectivity index (χ3n) is 3.08. The first-order valence-electron chi connectivity index (χ1n) is 7.40. The predicted octanol–water partition coefficient (Wildman–Crippen LogP) is -6.12. The second kappa shape index (κ2) is 19.8. The number of halogens is 4. The second-order valence-corrected chi connectivity index (χ2v) is 7.74. The molecular weight excluding hydrogens is 576 g/mol. The summed E-state index contributed by atoms with van der Waals surface area (Å²) in [4.78, 5) is 0. The molecule has 0 saturated heterocycles. The van der Waals surface area contributed by atoms with Gasteiger partial charge >= 0.3 is 67.5 Å². The molecule has 4 aromatic carbocycles. The molecule has 0 aliphatic carbocycles. The van der Waals surface area contributed by atoms with E-state index < -0.39 is 0 Å². The van der Waals surface area contributed by atoms with E-state index in [0.717, 1.165) is 0 Å². The zero-order valence-electron chi connectivity index (χ0n) is 15.1. The van der Waals surface area contributed by atoms with Gasteiger partial charge in [0.2, 0.25) is 0 Å². The Bertz CT molecular complexity index is 768. The molecule has 4 rings (SSSR count). The van der Waals surface area contributed by atoms with E-state index in [2.05, 4.69) is 68.4 Å². The number of benzene rings is 2. The van der Waals surface area contributed by atoms with E-state index >= 15 is 0 Å². The van der Waals surface area contributed by atoms with Crippen LogP contribution < -0.4 is 49.6 Å². The van der Waals surface area contributed by atoms with Gasteiger partial charge in [0.25, 0.3) is 0 Å². The van der Waals surface area contributed by atoms with Crippen molar-refractivity contribution in [1.82, 2.24) is 0 Å². The molecule has 0 unspecified atom stereocenters. The Morgan fingerprint density at radius 1 is 0.667 bits per heavy atom. The summed E-state index contributed by atoms with van der Waals surface area (Å²) in [5.41, 5.74) is 0. The standard InChI is InChI=1S/C13H9.C5H5.C3H6.4ClH.2Zr/c1-3-7-12-10(5-1)9-11-6-2-4-8-13(11)12;1-2-4-5-3-1;1-3-2;;;;;;/h1-9H;1-5H;1-2H3;4*1H;;/q2*-1;;;;;;+2;+4/p-4. The van der Waals surface area contributed by atoms with Gasteiger partial charge in [0, 0.05) is 0 Å². The van der Waals surface area contributed by atoms with Crippen molar-refractivity contribution in [3.05, 3.63) is 84.9 Å². The first-order chi connectivity index (χ1) is 10.7. The molecule has 27 heavy (non-hydrogen) atoms. The summed E-state index contributed by atoms with van der Waals surface area (Å²) in [6.07, 6.45) is 0. The Hall–Kier alpha value is 0.456. The Morgan fingerprint density at radius 3 is 1.30 bits per heavy atom. The normalized spacial score (nSPS) is 7.85. The van der Waals surface area contributed by atoms with Gasteiger partial charge in [0.1, 0.15) is 0 Å². The molecule has 4 aromatic rings. The largest absolute Gasteiger partial charge is 4.00 e. The van der Waals surface area contributed by atoms with E-state index in [1.165, 1.54) is 24.8 Å². The quantitative estimate of drug-likeness (QED) is 0.178. The molecule has 0 saturated carbocycles. The van der Waals surface area contributed by atoms with Crippen LogP contribution in [0.15, 0.2) is 84.9 Å². The van der Waals surface area contributed by atoms with Crippen molar-refractivity contribution in [2.24, 2.45) is 0 Å². The fraction of sp³-hybridized carbons (Fsp3) is 0.0952. The van der Waals surface area contributed by atoms with Crippen LogP contribution in [0.5, 0.6) is 0 Å². The van der Waals surface area contributed by atoms with Gasteiger partial charge in [-0.15, -0.1) is 39.7 Å². The molecular formula is C21H20Cl4Zr2. The van der Waals surface area contributed by atoms with Gasteiger partial charge in [-0.1, -0.05) is 36.4 Å². The molecule has 0 bridgehead atoms. The van der Waals surface area contributed by atoms with Gasteiger partial charge in [0.05, 0.1) is 0 Å². The molecule has 0 radical (unpaired) electrons. The minimum absolute atomic E-state index is 0. The molecule has 0 nitrogen and oxygen atoms in total. The van der Waals surface area contributed by atoms with E-state index in [-0.39, 0.29) is 75.8 Å². The SMILES string of the molecule is C[C](C)=[Zr+2].[Cl-].[Cl-].[Cl-].[Cl-].[Zr+4].c1cc[cH-]c1.c1ccc2c(c1)[cH-]c1ccccc12. The summed E-state index contributed by atoms with van der Waals surface area (Å²) in [6, 6.07) is 29.3. The maximum absolute atomic E-state index is 2.24. The molecule has 0 aliphatic heterocycles. The fourth-order valence-electron chi connectivity index (χ4n) is 2.22. The van der Waals surface area contributed by atoms with Crippen LogP contribution in [0.2, 0.25) is 0 Å². The molecule has 0 heterocycles. The van der Waals surface area contributed by atoms with E-state index in [1.807, 2.05) is 30.3 Å². The summed E-state index contributed by atoms with van der Waals surface area (Å²) in [5.74, 6) is 0. The summed E-state index contributed by atoms with van der Waals surface area (Å²) >= 11 is 1.55. The summed E-state index contributed by atoms with van der Waals surface area (Å²) in [6.45, 7) is 4.25. The molecule has 140 valence electrons. The molecule has 0 N–H and O–H groups in total. The Balaban J connectivity index is -0.000000164. The maximum atomic E-state index is 2.24. The predicted molar refractivity (Wildman–Crippen MR) is 95.4 cm³/mol. The Kier molecular flexibility index (Phi) is 25.6. The fourth-order valence-corrected chi connectivity index (χ4v) is 2.22. The van der Waals surface area contributed by atoms with Gasteiger partial charge in [-0.2, -0.15) is 18.2 Å². The first-order valence-corrected chi connectivity index (χ1v) is 8.63. The first kappa shape index (κ1) is 34.9. The van der Waals surface area contributed by atoms with Crippen LogP contribution in [-0.4, -0.2) is 3.21 Å². The molecule has 0 spiro atoms. The van der Waals surface area contributed by atoms with Gasteiger partial charge < -0.3 is 49.6 Å². The van der Waals surface area contributed by atoms with Crippen LogP contribution in [0, 0.1) is 0 Å². The number of hydrogen-bond donors (Lipinski definition) is 0. The minimum Gasteiger partial charge on any atom is -1.00 e. The van der Waals surface area contributed by atoms with Crippen LogP contribution in [-0.2, 0) is 50.4 Å². The third-order valence-corrected chi connectivity index (χ3v) is 3.08. The molecule has 0 atom stereocenters. The van der Waals surface area contributed by atoms with Crippen LogP contribution in [0.4, 0.5) is 0 Å². The molecule has 0 aliphatic rings. The van der Waals surface area contributed by atoms with E-state index in [1.54, 1.807) is 24.2 Å². The zero-order chi connectivity index (χ0) is 15.8. The van der Waals surface area contributed by atoms with Gasteiger partial charge in [-0.05, 0) is 0 Å². The van der Waals surface area contributed by atoms with Gasteiger partial charge in [-0.3, -0.25) is 0 Å². The van der Waals surface area contributed by atoms with Crippen molar-refractivity contribution in [3.63, 3.8) is 0 Å². The van der Waals surface area contributed by atoms with Crippen molar-refractivity contribution < 1.29 is 100 Å². The Labute approximate surface area is 221 Å². The molecule has 0 aromatic heterocycles. The van der Waals surface area contributed by atoms with Crippen LogP contribution >= 0.6 is 0 Å². The zero-order valence-corrected chi connectivity index (χ0v) is 23.0. The molecule has 0 fully saturated rings. The molecule has 0 amide bonds. The third kappa shape index (κ3) is 12.6. The van der Waals surface area contributed by atoms with Crippen molar-refractivity contribution in [1.29, 1.82) is 0 Å². The van der Waals surface area contributed by atoms with E-state index in [0.29, 0.717) is 0 Å². The maximum Gasteiger partial charge on any atom is 4.00 e. The smallest absolute Gasteiger partial charge is 1.00 e. The minimum atomic E-state index is 0. The van der Waals surface area contributed by atoms with Gasteiger partial charge in [-0.25, -0.2) is 12.1 Å². The van der Waals surface area contributed by atoms with Crippen LogP contribution in [0.3, 0.4) is 0 Å². The van der Waals surface area contributed by atoms with Crippen molar-refractivity contribution >= 4 is 24.8 Å². The van der Waals surface area contributed by atoms with Crippen LogP contribution in [0.1, 0.15) is 13.8 Å². The van der Waals surface area contributed by atoms with Crippen molar-refractivity contribution in [2.45, 2.75) is 13.8 Å². The average Bonchev–Trinajstić information content (AvgIpc) is 3.18. The van der Waals surface area contributed by atoms with Crippen LogP contribution in [0.25, 0.3) is 21.5 Å². The average molecular weight is 597 g/mol. The van der Waals surface area contributed by atoms with Crippen molar-refractivity contribution in [2.75, 3.05) is 0 Å². The molecule has 6 heteroatoms. The number of rotatable bonds is 0. The number of hydrogen-bond acceptors (Lipinski definition) is 0. The Morgan fingerprint density at radius 2 is 1.00 bits per heavy atom. The second-order valence-electron chi connectivity index (χ2n) is 5.28. The van der Waals surface area contributed by atoms with E-state index in [4.69, 9.17) is 0 Å².